The first-order valence-corrected chi connectivity index (χ1v) is 9.50. The summed E-state index contributed by atoms with van der Waals surface area (Å²) in [7, 11) is 0. The van der Waals surface area contributed by atoms with Crippen molar-refractivity contribution in [2.75, 3.05) is 0 Å². The van der Waals surface area contributed by atoms with Gasteiger partial charge in [0.05, 0.1) is 0 Å². The molecule has 1 unspecified atom stereocenters. The van der Waals surface area contributed by atoms with E-state index in [0.29, 0.717) is 0 Å². The normalized spacial score (nSPS) is 13.1. The van der Waals surface area contributed by atoms with Crippen LogP contribution in [-0.4, -0.2) is 0 Å². The number of unbranched alkanes of at least 4 members (excludes halogenated alkanes) is 1. The molecule has 0 nitrogen and oxygen atoms in total. The maximum Gasteiger partial charge on any atom is 0.123 e. The van der Waals surface area contributed by atoms with Crippen LogP contribution in [0.15, 0.2) is 66.8 Å². The van der Waals surface area contributed by atoms with E-state index < -0.39 is 0 Å². The fourth-order valence-corrected chi connectivity index (χ4v) is 3.36. The number of aryl methyl sites for hydroxylation is 1. The second kappa shape index (κ2) is 9.73. The maximum absolute atomic E-state index is 12.9. The molecule has 0 spiro atoms. The highest BCUT2D eigenvalue weighted by Gasteiger charge is 2.27. The summed E-state index contributed by atoms with van der Waals surface area (Å²) in [5, 5.41) is 0.749. The molecule has 0 saturated carbocycles. The SMILES string of the molecule is [CH]=CCC(C)(C)C(C=CCCCc1ccc(F)cc1)c1ccc(Cl)cc1. The van der Waals surface area contributed by atoms with Crippen molar-refractivity contribution >= 4 is 11.6 Å². The van der Waals surface area contributed by atoms with Crippen LogP contribution in [-0.2, 0) is 6.42 Å². The van der Waals surface area contributed by atoms with Crippen LogP contribution in [0.5, 0.6) is 0 Å². The van der Waals surface area contributed by atoms with Gasteiger partial charge < -0.3 is 0 Å². The molecule has 0 aliphatic carbocycles. The Labute approximate surface area is 162 Å². The zero-order chi connectivity index (χ0) is 19.0. The minimum Gasteiger partial charge on any atom is -0.207 e. The van der Waals surface area contributed by atoms with Crippen molar-refractivity contribution in [2.45, 2.75) is 45.4 Å². The molecule has 2 heteroatoms. The summed E-state index contributed by atoms with van der Waals surface area (Å²) in [6.07, 6.45) is 10.1. The molecule has 0 aliphatic heterocycles. The van der Waals surface area contributed by atoms with Gasteiger partial charge in [-0.15, -0.1) is 0 Å². The van der Waals surface area contributed by atoms with Gasteiger partial charge in [0, 0.05) is 10.9 Å². The lowest BCUT2D eigenvalue weighted by atomic mass is 9.72. The zero-order valence-electron chi connectivity index (χ0n) is 15.6. The molecule has 1 radical (unpaired) electrons. The van der Waals surface area contributed by atoms with Crippen LogP contribution in [0, 0.1) is 17.8 Å². The van der Waals surface area contributed by atoms with E-state index in [1.54, 1.807) is 6.08 Å². The van der Waals surface area contributed by atoms with Crippen LogP contribution in [0.4, 0.5) is 4.39 Å². The van der Waals surface area contributed by atoms with Gasteiger partial charge in [0.25, 0.3) is 0 Å². The molecule has 26 heavy (non-hydrogen) atoms. The van der Waals surface area contributed by atoms with Crippen molar-refractivity contribution in [3.05, 3.63) is 95.3 Å². The van der Waals surface area contributed by atoms with Crippen molar-refractivity contribution in [3.8, 4) is 0 Å². The highest BCUT2D eigenvalue weighted by Crippen LogP contribution is 2.40. The smallest absolute Gasteiger partial charge is 0.123 e. The number of hydrogen-bond acceptors (Lipinski definition) is 0. The largest absolute Gasteiger partial charge is 0.207 e. The average molecular weight is 370 g/mol. The first kappa shape index (κ1) is 20.5. The third kappa shape index (κ3) is 6.14. The van der Waals surface area contributed by atoms with Crippen LogP contribution < -0.4 is 0 Å². The van der Waals surface area contributed by atoms with Crippen molar-refractivity contribution in [2.24, 2.45) is 5.41 Å². The second-order valence-electron chi connectivity index (χ2n) is 7.40. The number of benzene rings is 2. The summed E-state index contributed by atoms with van der Waals surface area (Å²) in [4.78, 5) is 0. The molecule has 2 rings (SSSR count). The molecule has 2 aromatic rings. The molecular weight excluding hydrogens is 343 g/mol. The van der Waals surface area contributed by atoms with Crippen LogP contribution in [0.2, 0.25) is 5.02 Å². The number of hydrogen-bond donors (Lipinski definition) is 0. The van der Waals surface area contributed by atoms with Gasteiger partial charge in [0.1, 0.15) is 5.82 Å². The summed E-state index contributed by atoms with van der Waals surface area (Å²) in [6.45, 7) is 10.2. The van der Waals surface area contributed by atoms with Gasteiger partial charge in [-0.3, -0.25) is 0 Å². The summed E-state index contributed by atoms with van der Waals surface area (Å²) >= 11 is 6.04. The molecule has 0 N–H and O–H groups in total. The van der Waals surface area contributed by atoms with Gasteiger partial charge in [0.2, 0.25) is 0 Å². The summed E-state index contributed by atoms with van der Waals surface area (Å²) < 4.78 is 12.9. The Kier molecular flexibility index (Phi) is 7.66. The van der Waals surface area contributed by atoms with Gasteiger partial charge in [-0.25, -0.2) is 4.39 Å². The van der Waals surface area contributed by atoms with Crippen molar-refractivity contribution in [3.63, 3.8) is 0 Å². The first-order chi connectivity index (χ1) is 12.4. The topological polar surface area (TPSA) is 0 Å². The molecule has 0 aromatic heterocycles. The Morgan fingerprint density at radius 2 is 1.73 bits per heavy atom. The third-order valence-corrected chi connectivity index (χ3v) is 5.05. The van der Waals surface area contributed by atoms with Gasteiger partial charge in [0.15, 0.2) is 0 Å². The molecule has 0 bridgehead atoms. The minimum absolute atomic E-state index is 0.0238. The molecule has 2 aromatic carbocycles. The lowest BCUT2D eigenvalue weighted by Gasteiger charge is -2.32. The fraction of sp³-hybridized carbons (Fsp3) is 0.333. The summed E-state index contributed by atoms with van der Waals surface area (Å²) in [5.74, 6) is 0.0868. The molecule has 0 fully saturated rings. The highest BCUT2D eigenvalue weighted by molar-refractivity contribution is 6.30. The van der Waals surface area contributed by atoms with E-state index in [0.717, 1.165) is 30.7 Å². The zero-order valence-corrected chi connectivity index (χ0v) is 16.3. The Morgan fingerprint density at radius 1 is 1.08 bits per heavy atom. The Bertz CT molecular complexity index is 711. The van der Waals surface area contributed by atoms with Crippen molar-refractivity contribution < 1.29 is 4.39 Å². The number of allylic oxidation sites excluding steroid dienone is 3. The minimum atomic E-state index is -0.182. The maximum atomic E-state index is 12.9. The van der Waals surface area contributed by atoms with E-state index in [-0.39, 0.29) is 17.2 Å². The first-order valence-electron chi connectivity index (χ1n) is 9.12. The van der Waals surface area contributed by atoms with E-state index in [9.17, 15) is 4.39 Å². The number of rotatable bonds is 9. The van der Waals surface area contributed by atoms with Crippen molar-refractivity contribution in [1.29, 1.82) is 0 Å². The Balaban J connectivity index is 2.01. The molecule has 1 atom stereocenters. The van der Waals surface area contributed by atoms with E-state index in [1.807, 2.05) is 24.3 Å². The van der Waals surface area contributed by atoms with Crippen LogP contribution in [0.3, 0.4) is 0 Å². The van der Waals surface area contributed by atoms with Crippen LogP contribution in [0.1, 0.15) is 50.2 Å². The Morgan fingerprint density at radius 3 is 2.35 bits per heavy atom. The standard InChI is InChI=1S/C24H27ClF/c1-4-18-24(2,3)23(20-12-14-21(25)15-13-20)9-7-5-6-8-19-10-16-22(26)17-11-19/h1,4,7,9-17,23H,5-6,8,18H2,2-3H3. The molecule has 0 aliphatic rings. The van der Waals surface area contributed by atoms with E-state index >= 15 is 0 Å². The van der Waals surface area contributed by atoms with Crippen LogP contribution >= 0.6 is 11.6 Å². The predicted octanol–water partition coefficient (Wildman–Crippen LogP) is 7.55. The molecule has 0 saturated heterocycles. The molecule has 137 valence electrons. The lowest BCUT2D eigenvalue weighted by Crippen LogP contribution is -2.20. The van der Waals surface area contributed by atoms with Gasteiger partial charge in [-0.05, 0) is 66.5 Å². The lowest BCUT2D eigenvalue weighted by molar-refractivity contribution is 0.328. The average Bonchev–Trinajstić information content (AvgIpc) is 2.60. The monoisotopic (exact) mass is 369 g/mol. The highest BCUT2D eigenvalue weighted by atomic mass is 35.5. The van der Waals surface area contributed by atoms with Crippen LogP contribution in [0.25, 0.3) is 0 Å². The van der Waals surface area contributed by atoms with Gasteiger partial charge in [-0.2, -0.15) is 0 Å². The third-order valence-electron chi connectivity index (χ3n) is 4.79. The van der Waals surface area contributed by atoms with Crippen molar-refractivity contribution in [1.82, 2.24) is 0 Å². The molecule has 0 heterocycles. The van der Waals surface area contributed by atoms with Gasteiger partial charge >= 0.3 is 0 Å². The molecular formula is C24H27ClF. The summed E-state index contributed by atoms with van der Waals surface area (Å²) in [5.41, 5.74) is 2.44. The number of halogens is 2. The molecule has 0 amide bonds. The van der Waals surface area contributed by atoms with E-state index in [2.05, 4.69) is 38.1 Å². The Hall–Kier alpha value is -1.86. The quantitative estimate of drug-likeness (QED) is 0.316. The predicted molar refractivity (Wildman–Crippen MR) is 110 cm³/mol. The fourth-order valence-electron chi connectivity index (χ4n) is 3.23. The van der Waals surface area contributed by atoms with E-state index in [4.69, 9.17) is 18.2 Å². The summed E-state index contributed by atoms with van der Waals surface area (Å²) in [6, 6.07) is 14.8. The van der Waals surface area contributed by atoms with E-state index in [1.165, 1.54) is 23.3 Å². The van der Waals surface area contributed by atoms with Gasteiger partial charge in [-0.1, -0.05) is 74.5 Å². The second-order valence-corrected chi connectivity index (χ2v) is 7.84.